The summed E-state index contributed by atoms with van der Waals surface area (Å²) >= 11 is 0. The SMILES string of the molecule is C=[NH+][C@H](C(=O)OCCCC(=O)OCc1ccccc1)C(C)C. The van der Waals surface area contributed by atoms with Gasteiger partial charge >= 0.3 is 11.9 Å². The first-order valence-electron chi connectivity index (χ1n) is 7.43. The van der Waals surface area contributed by atoms with Crippen LogP contribution in [0.4, 0.5) is 0 Å². The van der Waals surface area contributed by atoms with Crippen molar-refractivity contribution >= 4 is 18.7 Å². The molecule has 0 heterocycles. The van der Waals surface area contributed by atoms with Gasteiger partial charge in [-0.2, -0.15) is 0 Å². The van der Waals surface area contributed by atoms with Gasteiger partial charge in [-0.3, -0.25) is 4.79 Å². The Morgan fingerprint density at radius 3 is 2.45 bits per heavy atom. The van der Waals surface area contributed by atoms with Gasteiger partial charge in [0.2, 0.25) is 6.04 Å². The minimum Gasteiger partial charge on any atom is -0.461 e. The molecule has 0 amide bonds. The largest absolute Gasteiger partial charge is 0.461 e. The Morgan fingerprint density at radius 2 is 1.86 bits per heavy atom. The minimum absolute atomic E-state index is 0.0980. The molecule has 1 N–H and O–H groups in total. The fraction of sp³-hybridized carbons (Fsp3) is 0.471. The molecule has 0 radical (unpaired) electrons. The van der Waals surface area contributed by atoms with E-state index >= 15 is 0 Å². The van der Waals surface area contributed by atoms with Crippen LogP contribution in [0.2, 0.25) is 0 Å². The van der Waals surface area contributed by atoms with Crippen molar-refractivity contribution in [1.29, 1.82) is 0 Å². The fourth-order valence-electron chi connectivity index (χ4n) is 1.88. The number of ether oxygens (including phenoxy) is 2. The van der Waals surface area contributed by atoms with Gasteiger partial charge in [0.05, 0.1) is 6.61 Å². The second kappa shape index (κ2) is 9.71. The third kappa shape index (κ3) is 6.52. The van der Waals surface area contributed by atoms with Gasteiger partial charge in [-0.25, -0.2) is 9.79 Å². The Labute approximate surface area is 131 Å². The topological polar surface area (TPSA) is 66.6 Å². The molecule has 5 heteroatoms. The maximum absolute atomic E-state index is 11.7. The van der Waals surface area contributed by atoms with Crippen molar-refractivity contribution in [1.82, 2.24) is 0 Å². The molecule has 0 saturated carbocycles. The normalized spacial score (nSPS) is 11.8. The lowest BCUT2D eigenvalue weighted by molar-refractivity contribution is -0.490. The highest BCUT2D eigenvalue weighted by molar-refractivity contribution is 5.74. The van der Waals surface area contributed by atoms with Gasteiger partial charge in [0.15, 0.2) is 0 Å². The molecule has 120 valence electrons. The van der Waals surface area contributed by atoms with Crippen molar-refractivity contribution in [3.05, 3.63) is 35.9 Å². The molecule has 0 spiro atoms. The second-order valence-electron chi connectivity index (χ2n) is 5.34. The third-order valence-corrected chi connectivity index (χ3v) is 3.15. The maximum Gasteiger partial charge on any atom is 0.375 e. The molecule has 1 atom stereocenters. The number of hydrogen-bond acceptors (Lipinski definition) is 4. The average Bonchev–Trinajstić information content (AvgIpc) is 2.51. The van der Waals surface area contributed by atoms with E-state index in [9.17, 15) is 9.59 Å². The van der Waals surface area contributed by atoms with Gasteiger partial charge in [-0.15, -0.1) is 0 Å². The molecule has 0 aliphatic carbocycles. The van der Waals surface area contributed by atoms with Crippen molar-refractivity contribution < 1.29 is 24.1 Å². The smallest absolute Gasteiger partial charge is 0.375 e. The standard InChI is InChI=1S/C17H23NO4/c1-13(2)16(18-3)17(20)21-11-7-10-15(19)22-12-14-8-5-4-6-9-14/h4-6,8-9,13,16H,3,7,10-12H2,1-2H3/p+1/t16-/m0/s1. The molecule has 0 fully saturated rings. The molecule has 0 unspecified atom stereocenters. The first-order chi connectivity index (χ1) is 10.5. The number of esters is 2. The number of rotatable bonds is 9. The zero-order valence-electron chi connectivity index (χ0n) is 13.2. The van der Waals surface area contributed by atoms with Crippen LogP contribution in [0.5, 0.6) is 0 Å². The molecule has 0 aliphatic heterocycles. The van der Waals surface area contributed by atoms with Crippen LogP contribution in [0.3, 0.4) is 0 Å². The molecule has 1 aromatic carbocycles. The molecule has 0 aliphatic rings. The molecule has 0 aromatic heterocycles. The van der Waals surface area contributed by atoms with Gasteiger partial charge in [-0.05, 0) is 12.0 Å². The van der Waals surface area contributed by atoms with Crippen molar-refractivity contribution in [3.63, 3.8) is 0 Å². The van der Waals surface area contributed by atoms with E-state index in [1.165, 1.54) is 0 Å². The van der Waals surface area contributed by atoms with E-state index in [1.807, 2.05) is 44.2 Å². The van der Waals surface area contributed by atoms with E-state index in [0.717, 1.165) is 5.56 Å². The van der Waals surface area contributed by atoms with E-state index in [2.05, 4.69) is 11.7 Å². The number of nitrogens with one attached hydrogen (secondary N) is 1. The van der Waals surface area contributed by atoms with Crippen LogP contribution in [0.1, 0.15) is 32.3 Å². The predicted octanol–water partition coefficient (Wildman–Crippen LogP) is 0.859. The summed E-state index contributed by atoms with van der Waals surface area (Å²) in [5.74, 6) is -0.543. The Hall–Kier alpha value is -2.17. The lowest BCUT2D eigenvalue weighted by Gasteiger charge is -2.10. The fourth-order valence-corrected chi connectivity index (χ4v) is 1.88. The Balaban J connectivity index is 2.17. The first-order valence-corrected chi connectivity index (χ1v) is 7.43. The zero-order valence-corrected chi connectivity index (χ0v) is 13.2. The Morgan fingerprint density at radius 1 is 1.18 bits per heavy atom. The number of hydrogen-bond donors (Lipinski definition) is 1. The number of benzene rings is 1. The van der Waals surface area contributed by atoms with Crippen LogP contribution < -0.4 is 4.99 Å². The third-order valence-electron chi connectivity index (χ3n) is 3.15. The van der Waals surface area contributed by atoms with Crippen molar-refractivity contribution in [3.8, 4) is 0 Å². The van der Waals surface area contributed by atoms with Gasteiger partial charge in [0, 0.05) is 12.3 Å². The molecule has 0 bridgehead atoms. The van der Waals surface area contributed by atoms with Crippen molar-refractivity contribution in [2.45, 2.75) is 39.3 Å². The number of carbonyl (C=O) groups is 2. The predicted molar refractivity (Wildman–Crippen MR) is 83.1 cm³/mol. The monoisotopic (exact) mass is 306 g/mol. The molecule has 5 nitrogen and oxygen atoms in total. The average molecular weight is 306 g/mol. The highest BCUT2D eigenvalue weighted by Gasteiger charge is 2.26. The van der Waals surface area contributed by atoms with Gasteiger partial charge < -0.3 is 9.47 Å². The van der Waals surface area contributed by atoms with Crippen molar-refractivity contribution in [2.24, 2.45) is 5.92 Å². The second-order valence-corrected chi connectivity index (χ2v) is 5.34. The van der Waals surface area contributed by atoms with Gasteiger partial charge in [-0.1, -0.05) is 44.2 Å². The summed E-state index contributed by atoms with van der Waals surface area (Å²) in [5, 5.41) is 0. The van der Waals surface area contributed by atoms with Crippen LogP contribution in [-0.4, -0.2) is 31.3 Å². The summed E-state index contributed by atoms with van der Waals surface area (Å²) in [5.41, 5.74) is 0.948. The van der Waals surface area contributed by atoms with Crippen LogP contribution in [0.25, 0.3) is 0 Å². The summed E-state index contributed by atoms with van der Waals surface area (Å²) in [7, 11) is 0. The Bertz CT molecular complexity index is 485. The maximum atomic E-state index is 11.7. The summed E-state index contributed by atoms with van der Waals surface area (Å²) in [6.45, 7) is 7.79. The van der Waals surface area contributed by atoms with Gasteiger partial charge in [0.25, 0.3) is 0 Å². The van der Waals surface area contributed by atoms with E-state index in [4.69, 9.17) is 9.47 Å². The molecule has 0 saturated heterocycles. The van der Waals surface area contributed by atoms with E-state index in [1.54, 1.807) is 0 Å². The zero-order chi connectivity index (χ0) is 16.4. The van der Waals surface area contributed by atoms with E-state index in [0.29, 0.717) is 6.42 Å². The van der Waals surface area contributed by atoms with Crippen LogP contribution in [-0.2, 0) is 25.7 Å². The molecule has 22 heavy (non-hydrogen) atoms. The number of carbonyl (C=O) groups excluding carboxylic acids is 2. The van der Waals surface area contributed by atoms with Crippen LogP contribution in [0, 0.1) is 5.92 Å². The quantitative estimate of drug-likeness (QED) is 0.417. The van der Waals surface area contributed by atoms with Gasteiger partial charge in [0.1, 0.15) is 13.3 Å². The highest BCUT2D eigenvalue weighted by Crippen LogP contribution is 2.04. The van der Waals surface area contributed by atoms with Crippen molar-refractivity contribution in [2.75, 3.05) is 6.61 Å². The summed E-state index contributed by atoms with van der Waals surface area (Å²) in [6.07, 6.45) is 0.672. The van der Waals surface area contributed by atoms with E-state index in [-0.39, 0.29) is 37.5 Å². The Kier molecular flexibility index (Phi) is 7.89. The lowest BCUT2D eigenvalue weighted by atomic mass is 10.1. The summed E-state index contributed by atoms with van der Waals surface area (Å²) in [4.78, 5) is 26.0. The molecular formula is C17H24NO4+. The summed E-state index contributed by atoms with van der Waals surface area (Å²) in [6, 6.07) is 9.06. The first kappa shape index (κ1) is 17.9. The lowest BCUT2D eigenvalue weighted by Crippen LogP contribution is -2.78. The van der Waals surface area contributed by atoms with Crippen LogP contribution in [0.15, 0.2) is 30.3 Å². The minimum atomic E-state index is -0.426. The highest BCUT2D eigenvalue weighted by atomic mass is 16.5. The molecular weight excluding hydrogens is 282 g/mol. The molecule has 1 rings (SSSR count). The molecule has 1 aromatic rings. The van der Waals surface area contributed by atoms with E-state index < -0.39 is 6.04 Å². The van der Waals surface area contributed by atoms with Crippen LogP contribution >= 0.6 is 0 Å². The summed E-state index contributed by atoms with van der Waals surface area (Å²) < 4.78 is 10.3.